The molecule has 0 heterocycles. The second-order valence-corrected chi connectivity index (χ2v) is 6.27. The first kappa shape index (κ1) is 18.5. The van der Waals surface area contributed by atoms with Crippen LogP contribution in [0.1, 0.15) is 18.4 Å². The molecular weight excluding hydrogens is 344 g/mol. The summed E-state index contributed by atoms with van der Waals surface area (Å²) in [6.07, 6.45) is 5.02. The lowest BCUT2D eigenvalue weighted by atomic mass is 10.1. The van der Waals surface area contributed by atoms with E-state index in [9.17, 15) is 9.59 Å². The van der Waals surface area contributed by atoms with E-state index < -0.39 is 0 Å². The zero-order valence-corrected chi connectivity index (χ0v) is 15.3. The SMILES string of the molecule is COc1ccc(OC)c(/C=C/C(=O)Nc2ccc(NC(=O)C3CC3)cc2)c1. The molecular formula is C21H22N2O4. The Balaban J connectivity index is 1.60. The van der Waals surface area contributed by atoms with Gasteiger partial charge in [0.05, 0.1) is 14.2 Å². The van der Waals surface area contributed by atoms with Crippen molar-refractivity contribution in [3.63, 3.8) is 0 Å². The average molecular weight is 366 g/mol. The lowest BCUT2D eigenvalue weighted by Crippen LogP contribution is -2.13. The minimum absolute atomic E-state index is 0.0574. The molecule has 0 bridgehead atoms. The van der Waals surface area contributed by atoms with E-state index in [1.54, 1.807) is 62.8 Å². The highest BCUT2D eigenvalue weighted by Gasteiger charge is 2.29. The Morgan fingerprint density at radius 3 is 2.22 bits per heavy atom. The molecule has 0 aliphatic heterocycles. The highest BCUT2D eigenvalue weighted by atomic mass is 16.5. The Bertz CT molecular complexity index is 855. The molecule has 140 valence electrons. The van der Waals surface area contributed by atoms with Crippen LogP contribution in [0.4, 0.5) is 11.4 Å². The Morgan fingerprint density at radius 1 is 0.963 bits per heavy atom. The molecule has 2 aromatic carbocycles. The first-order chi connectivity index (χ1) is 13.1. The Kier molecular flexibility index (Phi) is 5.76. The van der Waals surface area contributed by atoms with E-state index in [1.807, 2.05) is 0 Å². The van der Waals surface area contributed by atoms with Crippen LogP contribution in [0.15, 0.2) is 48.5 Å². The van der Waals surface area contributed by atoms with Crippen molar-refractivity contribution in [1.82, 2.24) is 0 Å². The van der Waals surface area contributed by atoms with E-state index in [1.165, 1.54) is 6.08 Å². The summed E-state index contributed by atoms with van der Waals surface area (Å²) in [7, 11) is 3.15. The number of anilines is 2. The standard InChI is InChI=1S/C21H22N2O4/c1-26-18-10-11-19(27-2)15(13-18)5-12-20(24)22-16-6-8-17(9-7-16)23-21(25)14-3-4-14/h5-14H,3-4H2,1-2H3,(H,22,24)(H,23,25)/b12-5+. The summed E-state index contributed by atoms with van der Waals surface area (Å²) in [5, 5.41) is 5.65. The van der Waals surface area contributed by atoms with Crippen molar-refractivity contribution in [2.24, 2.45) is 5.92 Å². The molecule has 1 saturated carbocycles. The van der Waals surface area contributed by atoms with Gasteiger partial charge >= 0.3 is 0 Å². The topological polar surface area (TPSA) is 76.7 Å². The van der Waals surface area contributed by atoms with E-state index in [4.69, 9.17) is 9.47 Å². The Labute approximate surface area is 158 Å². The summed E-state index contributed by atoms with van der Waals surface area (Å²) in [4.78, 5) is 23.9. The number of amides is 2. The molecule has 0 spiro atoms. The number of ether oxygens (including phenoxy) is 2. The van der Waals surface area contributed by atoms with E-state index in [-0.39, 0.29) is 17.7 Å². The summed E-state index contributed by atoms with van der Waals surface area (Å²) in [5.41, 5.74) is 2.11. The van der Waals surface area contributed by atoms with Crippen molar-refractivity contribution in [3.05, 3.63) is 54.1 Å². The second-order valence-electron chi connectivity index (χ2n) is 6.27. The number of hydrogen-bond acceptors (Lipinski definition) is 4. The molecule has 0 atom stereocenters. The van der Waals surface area contributed by atoms with Crippen molar-refractivity contribution >= 4 is 29.3 Å². The van der Waals surface area contributed by atoms with Gasteiger partial charge in [0, 0.05) is 28.9 Å². The first-order valence-corrected chi connectivity index (χ1v) is 8.71. The van der Waals surface area contributed by atoms with E-state index in [0.29, 0.717) is 17.2 Å². The van der Waals surface area contributed by atoms with Crippen molar-refractivity contribution < 1.29 is 19.1 Å². The quantitative estimate of drug-likeness (QED) is 0.733. The second kappa shape index (κ2) is 8.40. The van der Waals surface area contributed by atoms with Crippen LogP contribution in [0.25, 0.3) is 6.08 Å². The van der Waals surface area contributed by atoms with Crippen molar-refractivity contribution in [2.45, 2.75) is 12.8 Å². The molecule has 1 aliphatic carbocycles. The van der Waals surface area contributed by atoms with Gasteiger partial charge in [-0.15, -0.1) is 0 Å². The minimum atomic E-state index is -0.269. The van der Waals surface area contributed by atoms with Gasteiger partial charge in [-0.05, 0) is 61.4 Å². The third-order valence-electron chi connectivity index (χ3n) is 4.22. The normalized spacial score (nSPS) is 13.3. The maximum atomic E-state index is 12.2. The molecule has 0 radical (unpaired) electrons. The minimum Gasteiger partial charge on any atom is -0.497 e. The predicted molar refractivity (Wildman–Crippen MR) is 105 cm³/mol. The molecule has 6 nitrogen and oxygen atoms in total. The van der Waals surface area contributed by atoms with Gasteiger partial charge in [-0.25, -0.2) is 0 Å². The Hall–Kier alpha value is -3.28. The van der Waals surface area contributed by atoms with E-state index >= 15 is 0 Å². The van der Waals surface area contributed by atoms with Gasteiger partial charge in [-0.1, -0.05) is 0 Å². The summed E-state index contributed by atoms with van der Waals surface area (Å²) in [5.74, 6) is 1.27. The number of hydrogen-bond donors (Lipinski definition) is 2. The molecule has 0 unspecified atom stereocenters. The predicted octanol–water partition coefficient (Wildman–Crippen LogP) is 3.70. The van der Waals surface area contributed by atoms with Crippen LogP contribution in [0.2, 0.25) is 0 Å². The maximum absolute atomic E-state index is 12.2. The molecule has 2 aromatic rings. The Morgan fingerprint density at radius 2 is 1.63 bits per heavy atom. The lowest BCUT2D eigenvalue weighted by molar-refractivity contribution is -0.117. The van der Waals surface area contributed by atoms with Gasteiger partial charge in [0.1, 0.15) is 11.5 Å². The van der Waals surface area contributed by atoms with Crippen molar-refractivity contribution in [1.29, 1.82) is 0 Å². The van der Waals surface area contributed by atoms with E-state index in [2.05, 4.69) is 10.6 Å². The number of methoxy groups -OCH3 is 2. The summed E-state index contributed by atoms with van der Waals surface area (Å²) in [6, 6.07) is 12.4. The van der Waals surface area contributed by atoms with Crippen LogP contribution < -0.4 is 20.1 Å². The van der Waals surface area contributed by atoms with Crippen molar-refractivity contribution in [2.75, 3.05) is 24.9 Å². The molecule has 1 aliphatic rings. The molecule has 0 saturated heterocycles. The van der Waals surface area contributed by atoms with Crippen molar-refractivity contribution in [3.8, 4) is 11.5 Å². The van der Waals surface area contributed by atoms with Crippen LogP contribution in [-0.4, -0.2) is 26.0 Å². The van der Waals surface area contributed by atoms with Gasteiger partial charge in [-0.2, -0.15) is 0 Å². The van der Waals surface area contributed by atoms with Crippen LogP contribution >= 0.6 is 0 Å². The lowest BCUT2D eigenvalue weighted by Gasteiger charge is -2.08. The van der Waals surface area contributed by atoms with E-state index in [0.717, 1.165) is 24.1 Å². The highest BCUT2D eigenvalue weighted by molar-refractivity contribution is 6.02. The molecule has 2 amide bonds. The monoisotopic (exact) mass is 366 g/mol. The van der Waals surface area contributed by atoms with Crippen LogP contribution in [0.3, 0.4) is 0 Å². The number of benzene rings is 2. The number of carbonyl (C=O) groups is 2. The fraction of sp³-hybridized carbons (Fsp3) is 0.238. The molecule has 0 aromatic heterocycles. The molecule has 27 heavy (non-hydrogen) atoms. The summed E-state index contributed by atoms with van der Waals surface area (Å²) < 4.78 is 10.5. The summed E-state index contributed by atoms with van der Waals surface area (Å²) in [6.45, 7) is 0. The smallest absolute Gasteiger partial charge is 0.248 e. The van der Waals surface area contributed by atoms with Crippen LogP contribution in [0, 0.1) is 5.92 Å². The number of carbonyl (C=O) groups excluding carboxylic acids is 2. The fourth-order valence-electron chi connectivity index (χ4n) is 2.55. The van der Waals surface area contributed by atoms with Gasteiger partial charge in [0.25, 0.3) is 0 Å². The van der Waals surface area contributed by atoms with Crippen LogP contribution in [-0.2, 0) is 9.59 Å². The largest absolute Gasteiger partial charge is 0.497 e. The number of nitrogens with one attached hydrogen (secondary N) is 2. The fourth-order valence-corrected chi connectivity index (χ4v) is 2.55. The maximum Gasteiger partial charge on any atom is 0.248 e. The third-order valence-corrected chi connectivity index (χ3v) is 4.22. The molecule has 2 N–H and O–H groups in total. The van der Waals surface area contributed by atoms with Crippen LogP contribution in [0.5, 0.6) is 11.5 Å². The number of rotatable bonds is 7. The van der Waals surface area contributed by atoms with Gasteiger partial charge in [0.2, 0.25) is 11.8 Å². The van der Waals surface area contributed by atoms with Gasteiger partial charge in [-0.3, -0.25) is 9.59 Å². The molecule has 1 fully saturated rings. The molecule has 3 rings (SSSR count). The van der Waals surface area contributed by atoms with Gasteiger partial charge < -0.3 is 20.1 Å². The summed E-state index contributed by atoms with van der Waals surface area (Å²) >= 11 is 0. The zero-order valence-electron chi connectivity index (χ0n) is 15.3. The highest BCUT2D eigenvalue weighted by Crippen LogP contribution is 2.30. The zero-order chi connectivity index (χ0) is 19.2. The third kappa shape index (κ3) is 5.10. The average Bonchev–Trinajstić information content (AvgIpc) is 3.53. The van der Waals surface area contributed by atoms with Gasteiger partial charge in [0.15, 0.2) is 0 Å². The molecule has 6 heteroatoms. The first-order valence-electron chi connectivity index (χ1n) is 8.71.